The van der Waals surface area contributed by atoms with E-state index >= 15 is 0 Å². The summed E-state index contributed by atoms with van der Waals surface area (Å²) in [7, 11) is 0. The second-order valence-corrected chi connectivity index (χ2v) is 10.9. The molecule has 0 aliphatic heterocycles. The van der Waals surface area contributed by atoms with Crippen LogP contribution in [0.3, 0.4) is 0 Å². The van der Waals surface area contributed by atoms with Gasteiger partial charge in [0.25, 0.3) is 5.56 Å². The number of ether oxygens (including phenoxy) is 1. The van der Waals surface area contributed by atoms with Gasteiger partial charge in [0, 0.05) is 9.35 Å². The molecular formula is C26H25BrFN3O3S2. The van der Waals surface area contributed by atoms with E-state index in [-0.39, 0.29) is 17.0 Å². The second kappa shape index (κ2) is 11.6. The summed E-state index contributed by atoms with van der Waals surface area (Å²) in [5, 5.41) is 3.58. The Morgan fingerprint density at radius 3 is 2.64 bits per heavy atom. The third kappa shape index (κ3) is 5.66. The minimum absolute atomic E-state index is 0.0450. The first-order valence-electron chi connectivity index (χ1n) is 11.5. The Morgan fingerprint density at radius 1 is 1.22 bits per heavy atom. The summed E-state index contributed by atoms with van der Waals surface area (Å²) in [6.45, 7) is 6.51. The molecule has 0 atom stereocenters. The number of anilines is 1. The molecule has 2 aromatic carbocycles. The molecule has 0 unspecified atom stereocenters. The lowest BCUT2D eigenvalue weighted by Crippen LogP contribution is -2.23. The van der Waals surface area contributed by atoms with Gasteiger partial charge in [0.2, 0.25) is 5.91 Å². The van der Waals surface area contributed by atoms with Gasteiger partial charge in [0.05, 0.1) is 29.1 Å². The Labute approximate surface area is 225 Å². The molecule has 0 radical (unpaired) electrons. The first kappa shape index (κ1) is 26.4. The molecule has 0 spiro atoms. The van der Waals surface area contributed by atoms with E-state index in [4.69, 9.17) is 9.72 Å². The largest absolute Gasteiger partial charge is 0.494 e. The van der Waals surface area contributed by atoms with E-state index in [1.807, 2.05) is 13.8 Å². The highest BCUT2D eigenvalue weighted by molar-refractivity contribution is 9.10. The molecule has 188 valence electrons. The van der Waals surface area contributed by atoms with Gasteiger partial charge in [0.1, 0.15) is 16.4 Å². The summed E-state index contributed by atoms with van der Waals surface area (Å²) >= 11 is 5.86. The molecule has 4 rings (SSSR count). The fourth-order valence-electron chi connectivity index (χ4n) is 3.77. The lowest BCUT2D eigenvalue weighted by Gasteiger charge is -2.13. The van der Waals surface area contributed by atoms with Gasteiger partial charge in [-0.3, -0.25) is 14.2 Å². The van der Waals surface area contributed by atoms with Gasteiger partial charge >= 0.3 is 0 Å². The quantitative estimate of drug-likeness (QED) is 0.173. The van der Waals surface area contributed by atoms with E-state index < -0.39 is 11.7 Å². The van der Waals surface area contributed by atoms with Crippen molar-refractivity contribution >= 4 is 60.8 Å². The lowest BCUT2D eigenvalue weighted by atomic mass is 10.1. The number of amides is 1. The first-order chi connectivity index (χ1) is 17.3. The zero-order valence-corrected chi connectivity index (χ0v) is 23.3. The number of rotatable bonds is 9. The number of benzene rings is 2. The van der Waals surface area contributed by atoms with Crippen LogP contribution in [-0.4, -0.2) is 27.8 Å². The van der Waals surface area contributed by atoms with Crippen LogP contribution in [0.15, 0.2) is 56.9 Å². The number of aryl methyl sites for hydroxylation is 2. The number of hydrogen-bond donors (Lipinski definition) is 1. The zero-order chi connectivity index (χ0) is 25.8. The molecule has 0 saturated heterocycles. The SMILES string of the molecule is CCCc1sc2nc(SCC(=O)Nc3ccc(Br)cc3F)n(-c3ccc(OCC)cc3)c(=O)c2c1C. The molecule has 2 heterocycles. The molecule has 10 heteroatoms. The Hall–Kier alpha value is -2.69. The monoisotopic (exact) mass is 589 g/mol. The summed E-state index contributed by atoms with van der Waals surface area (Å²) < 4.78 is 21.8. The first-order valence-corrected chi connectivity index (χ1v) is 14.1. The Balaban J connectivity index is 1.71. The minimum atomic E-state index is -0.536. The van der Waals surface area contributed by atoms with Gasteiger partial charge in [-0.05, 0) is 68.3 Å². The highest BCUT2D eigenvalue weighted by atomic mass is 79.9. The molecule has 1 N–H and O–H groups in total. The highest BCUT2D eigenvalue weighted by Gasteiger charge is 2.20. The summed E-state index contributed by atoms with van der Waals surface area (Å²) in [5.41, 5.74) is 1.49. The maximum Gasteiger partial charge on any atom is 0.267 e. The molecule has 0 aliphatic carbocycles. The maximum atomic E-state index is 14.2. The average Bonchev–Trinajstić information content (AvgIpc) is 3.16. The number of halogens is 2. The summed E-state index contributed by atoms with van der Waals surface area (Å²) in [6, 6.07) is 11.6. The van der Waals surface area contributed by atoms with Gasteiger partial charge in [-0.15, -0.1) is 11.3 Å². The number of fused-ring (bicyclic) bond motifs is 1. The fourth-order valence-corrected chi connectivity index (χ4v) is 6.23. The Kier molecular flexibility index (Phi) is 8.48. The molecule has 2 aromatic heterocycles. The van der Waals surface area contributed by atoms with Crippen molar-refractivity contribution < 1.29 is 13.9 Å². The predicted octanol–water partition coefficient (Wildman–Crippen LogP) is 6.74. The smallest absolute Gasteiger partial charge is 0.267 e. The van der Waals surface area contributed by atoms with Crippen molar-refractivity contribution in [2.24, 2.45) is 0 Å². The summed E-state index contributed by atoms with van der Waals surface area (Å²) in [5.74, 6) is -0.282. The van der Waals surface area contributed by atoms with Crippen molar-refractivity contribution in [1.82, 2.24) is 9.55 Å². The third-order valence-corrected chi connectivity index (χ3v) is 8.13. The van der Waals surface area contributed by atoms with Crippen LogP contribution >= 0.6 is 39.0 Å². The van der Waals surface area contributed by atoms with E-state index in [2.05, 4.69) is 28.2 Å². The fraction of sp³-hybridized carbons (Fsp3) is 0.269. The summed E-state index contributed by atoms with van der Waals surface area (Å²) in [6.07, 6.45) is 1.84. The van der Waals surface area contributed by atoms with Crippen LogP contribution < -0.4 is 15.6 Å². The minimum Gasteiger partial charge on any atom is -0.494 e. The average molecular weight is 591 g/mol. The Bertz CT molecular complexity index is 1470. The van der Waals surface area contributed by atoms with Gasteiger partial charge in [-0.25, -0.2) is 9.37 Å². The number of carbonyl (C=O) groups excluding carboxylic acids is 1. The molecular weight excluding hydrogens is 565 g/mol. The van der Waals surface area contributed by atoms with Crippen molar-refractivity contribution in [3.63, 3.8) is 0 Å². The second-order valence-electron chi connectivity index (χ2n) is 8.00. The van der Waals surface area contributed by atoms with Gasteiger partial charge in [-0.1, -0.05) is 41.0 Å². The summed E-state index contributed by atoms with van der Waals surface area (Å²) in [4.78, 5) is 33.0. The van der Waals surface area contributed by atoms with E-state index in [1.165, 1.54) is 28.0 Å². The number of nitrogens with one attached hydrogen (secondary N) is 1. The van der Waals surface area contributed by atoms with Crippen molar-refractivity contribution in [1.29, 1.82) is 0 Å². The number of nitrogens with zero attached hydrogens (tertiary/aromatic N) is 2. The van der Waals surface area contributed by atoms with Crippen LogP contribution in [0.4, 0.5) is 10.1 Å². The third-order valence-electron chi connectivity index (χ3n) is 5.45. The van der Waals surface area contributed by atoms with Gasteiger partial charge < -0.3 is 10.1 Å². The number of carbonyl (C=O) groups is 1. The van der Waals surface area contributed by atoms with E-state index in [1.54, 1.807) is 30.3 Å². The van der Waals surface area contributed by atoms with Crippen molar-refractivity contribution in [2.75, 3.05) is 17.7 Å². The molecule has 1 amide bonds. The maximum absolute atomic E-state index is 14.2. The molecule has 36 heavy (non-hydrogen) atoms. The van der Waals surface area contributed by atoms with Crippen molar-refractivity contribution in [3.05, 3.63) is 73.5 Å². The molecule has 4 aromatic rings. The molecule has 0 bridgehead atoms. The standard InChI is InChI=1S/C26H25BrFN3O3S2/c1-4-6-21-15(3)23-24(36-21)30-26(31(25(23)33)17-8-10-18(11-9-17)34-5-2)35-14-22(32)29-20-12-7-16(27)13-19(20)28/h7-13H,4-6,14H2,1-3H3,(H,29,32). The normalized spacial score (nSPS) is 11.1. The van der Waals surface area contributed by atoms with E-state index in [0.29, 0.717) is 37.9 Å². The topological polar surface area (TPSA) is 73.2 Å². The number of thioether (sulfide) groups is 1. The predicted molar refractivity (Wildman–Crippen MR) is 149 cm³/mol. The lowest BCUT2D eigenvalue weighted by molar-refractivity contribution is -0.113. The molecule has 0 fully saturated rings. The molecule has 0 aliphatic rings. The molecule has 0 saturated carbocycles. The van der Waals surface area contributed by atoms with Crippen LogP contribution in [-0.2, 0) is 11.2 Å². The number of aromatic nitrogens is 2. The van der Waals surface area contributed by atoms with Crippen LogP contribution in [0.5, 0.6) is 5.75 Å². The highest BCUT2D eigenvalue weighted by Crippen LogP contribution is 2.31. The number of thiophene rings is 1. The van der Waals surface area contributed by atoms with Gasteiger partial charge in [-0.2, -0.15) is 0 Å². The zero-order valence-electron chi connectivity index (χ0n) is 20.1. The van der Waals surface area contributed by atoms with Crippen LogP contribution in [0.2, 0.25) is 0 Å². The van der Waals surface area contributed by atoms with Gasteiger partial charge in [0.15, 0.2) is 5.16 Å². The van der Waals surface area contributed by atoms with Crippen molar-refractivity contribution in [3.8, 4) is 11.4 Å². The Morgan fingerprint density at radius 2 is 1.97 bits per heavy atom. The molecule has 6 nitrogen and oxygen atoms in total. The number of hydrogen-bond acceptors (Lipinski definition) is 6. The van der Waals surface area contributed by atoms with Crippen LogP contribution in [0, 0.1) is 12.7 Å². The van der Waals surface area contributed by atoms with E-state index in [0.717, 1.165) is 35.0 Å². The van der Waals surface area contributed by atoms with Crippen LogP contribution in [0.1, 0.15) is 30.7 Å². The van der Waals surface area contributed by atoms with Crippen LogP contribution in [0.25, 0.3) is 15.9 Å². The van der Waals surface area contributed by atoms with Crippen molar-refractivity contribution in [2.45, 2.75) is 38.8 Å². The van der Waals surface area contributed by atoms with E-state index in [9.17, 15) is 14.0 Å².